The van der Waals surface area contributed by atoms with E-state index in [-0.39, 0.29) is 25.7 Å². The van der Waals surface area contributed by atoms with E-state index in [1.165, 1.54) is 85.3 Å². The van der Waals surface area contributed by atoms with Gasteiger partial charge in [0.25, 0.3) is 0 Å². The molecule has 6 heteroatoms. The Morgan fingerprint density at radius 2 is 1.15 bits per heavy atom. The molecule has 0 unspecified atom stereocenters. The zero-order chi connectivity index (χ0) is 38.6. The van der Waals surface area contributed by atoms with Gasteiger partial charge < -0.3 is 24.4 Å². The van der Waals surface area contributed by atoms with E-state index in [4.69, 9.17) is 26.6 Å². The number of hydrogen-bond donors (Lipinski definition) is 2. The first kappa shape index (κ1) is 49.7. The van der Waals surface area contributed by atoms with Crippen molar-refractivity contribution in [1.29, 1.82) is 0 Å². The van der Waals surface area contributed by atoms with E-state index in [1.807, 2.05) is 0 Å². The van der Waals surface area contributed by atoms with E-state index >= 15 is 0 Å². The van der Waals surface area contributed by atoms with Gasteiger partial charge in [-0.1, -0.05) is 160 Å². The van der Waals surface area contributed by atoms with Gasteiger partial charge in [-0.05, 0) is 39.0 Å². The summed E-state index contributed by atoms with van der Waals surface area (Å²) in [5, 5.41) is 5.57. The summed E-state index contributed by atoms with van der Waals surface area (Å²) in [6.07, 6.45) is 3.69. The maximum atomic E-state index is 7.15. The monoisotopic (exact) mass is 858 g/mol. The van der Waals surface area contributed by atoms with Crippen LogP contribution in [0.25, 0.3) is 43.8 Å². The van der Waals surface area contributed by atoms with Gasteiger partial charge in [-0.25, -0.2) is 0 Å². The van der Waals surface area contributed by atoms with Crippen LogP contribution in [0.2, 0.25) is 0 Å². The van der Waals surface area contributed by atoms with Crippen LogP contribution in [-0.4, -0.2) is 19.6 Å². The molecule has 0 saturated carbocycles. The Hall–Kier alpha value is -2.30. The number of benzene rings is 4. The van der Waals surface area contributed by atoms with Crippen LogP contribution in [-0.2, 0) is 38.1 Å². The molecule has 292 valence electrons. The third kappa shape index (κ3) is 13.4. The SMILES string of the molecule is CC(C)c1cc2c(-c3ccc(C(C)(C)C)cc3)cccc2[cH-]1.CCCCc1c(C)[cH-]c2cccc(-c3ccc(C(C)(C)C)cc3)c12.O[Si]O.[CH3-].[CH3-].[Cl][Zr][Cl]. The molecule has 6 aromatic carbocycles. The average molecular weight is 861 g/mol. The zero-order valence-corrected chi connectivity index (χ0v) is 39.6. The first-order valence-corrected chi connectivity index (χ1v) is 25.4. The van der Waals surface area contributed by atoms with E-state index < -0.39 is 30.9 Å². The van der Waals surface area contributed by atoms with E-state index in [2.05, 4.69) is 172 Å². The van der Waals surface area contributed by atoms with Crippen molar-refractivity contribution < 1.29 is 30.4 Å². The van der Waals surface area contributed by atoms with Crippen LogP contribution in [0.3, 0.4) is 0 Å². The predicted molar refractivity (Wildman–Crippen MR) is 240 cm³/mol. The molecule has 2 nitrogen and oxygen atoms in total. The third-order valence-corrected chi connectivity index (χ3v) is 9.59. The standard InChI is InChI=1S/C24H29.C22H25.2CH3.2ClH.H2O2Si.Zr/c1-6-7-10-21-17(2)16-19-9-8-11-22(23(19)21)18-12-14-20(15-13-18)24(3,4)5;1-15(2)18-13-17-7-6-8-20(21(17)14-18)16-9-11-19(12-10-16)22(3,4)5;;;;;1-3-2;/h8-9,11-16H,6-7,10H2,1-5H3;6-15H,1-5H3;2*1H3;2*1H;1-2H;/q4*-1;;;;+2/p-2. The van der Waals surface area contributed by atoms with Gasteiger partial charge in [-0.3, -0.25) is 0 Å². The molecule has 0 aliphatic rings. The molecular weight excluding hydrogens is 799 g/mol. The van der Waals surface area contributed by atoms with Crippen LogP contribution in [0.1, 0.15) is 109 Å². The second-order valence-corrected chi connectivity index (χ2v) is 19.7. The molecule has 54 heavy (non-hydrogen) atoms. The van der Waals surface area contributed by atoms with E-state index in [0.29, 0.717) is 5.92 Å². The van der Waals surface area contributed by atoms with Crippen molar-refractivity contribution in [2.45, 2.75) is 105 Å². The molecule has 6 rings (SSSR count). The number of unbranched alkanes of at least 4 members (excludes halogenated alkanes) is 1. The van der Waals surface area contributed by atoms with Crippen LogP contribution in [0, 0.1) is 21.8 Å². The Bertz CT molecular complexity index is 1960. The first-order valence-electron chi connectivity index (χ1n) is 18.2. The van der Waals surface area contributed by atoms with Gasteiger partial charge in [0.2, 0.25) is 0 Å². The van der Waals surface area contributed by atoms with Gasteiger partial charge in [-0.15, -0.1) is 74.6 Å². The molecule has 0 fully saturated rings. The molecular formula is C48H62Cl2O2SiZr-4. The molecule has 0 atom stereocenters. The molecule has 0 aliphatic carbocycles. The molecule has 0 amide bonds. The van der Waals surface area contributed by atoms with Crippen molar-refractivity contribution in [3.63, 3.8) is 0 Å². The van der Waals surface area contributed by atoms with Gasteiger partial charge in [0.05, 0.1) is 0 Å². The van der Waals surface area contributed by atoms with Crippen LogP contribution in [0.15, 0.2) is 103 Å². The van der Waals surface area contributed by atoms with Crippen LogP contribution >= 0.6 is 17.0 Å². The number of aryl methyl sites for hydroxylation is 2. The van der Waals surface area contributed by atoms with Gasteiger partial charge in [0, 0.05) is 0 Å². The van der Waals surface area contributed by atoms with Crippen molar-refractivity contribution in [3.05, 3.63) is 146 Å². The quantitative estimate of drug-likeness (QED) is 0.129. The fourth-order valence-corrected chi connectivity index (χ4v) is 6.60. The van der Waals surface area contributed by atoms with Crippen molar-refractivity contribution in [3.8, 4) is 22.3 Å². The minimum atomic E-state index is -0.917. The fourth-order valence-electron chi connectivity index (χ4n) is 6.60. The summed E-state index contributed by atoms with van der Waals surface area (Å²) in [5.41, 5.74) is 12.9. The van der Waals surface area contributed by atoms with Crippen molar-refractivity contribution in [2.24, 2.45) is 0 Å². The zero-order valence-electron chi connectivity index (χ0n) is 34.7. The van der Waals surface area contributed by atoms with Crippen LogP contribution < -0.4 is 0 Å². The summed E-state index contributed by atoms with van der Waals surface area (Å²) < 4.78 is 0. The van der Waals surface area contributed by atoms with E-state index in [1.54, 1.807) is 5.56 Å². The average Bonchev–Trinajstić information content (AvgIpc) is 3.68. The topological polar surface area (TPSA) is 40.5 Å². The molecule has 0 saturated heterocycles. The Balaban J connectivity index is 0.000000458. The molecule has 2 N–H and O–H groups in total. The second kappa shape index (κ2) is 23.1. The minimum absolute atomic E-state index is 0. The molecule has 0 aromatic heterocycles. The molecule has 0 spiro atoms. The van der Waals surface area contributed by atoms with Gasteiger partial charge in [0.1, 0.15) is 0 Å². The van der Waals surface area contributed by atoms with Gasteiger partial charge in [0.15, 0.2) is 0 Å². The van der Waals surface area contributed by atoms with Crippen molar-refractivity contribution >= 4 is 48.6 Å². The van der Waals surface area contributed by atoms with Crippen LogP contribution in [0.4, 0.5) is 0 Å². The molecule has 0 aliphatic heterocycles. The summed E-state index contributed by atoms with van der Waals surface area (Å²) in [4.78, 5) is 14.3. The number of rotatable bonds is 6. The Kier molecular flexibility index (Phi) is 21.2. The molecule has 2 radical (unpaired) electrons. The normalized spacial score (nSPS) is 10.9. The van der Waals surface area contributed by atoms with Crippen LogP contribution in [0.5, 0.6) is 0 Å². The first-order chi connectivity index (χ1) is 24.6. The summed E-state index contributed by atoms with van der Waals surface area (Å²) in [6, 6.07) is 38.6. The van der Waals surface area contributed by atoms with Crippen molar-refractivity contribution in [2.75, 3.05) is 0 Å². The predicted octanol–water partition coefficient (Wildman–Crippen LogP) is 14.6. The molecule has 0 heterocycles. The summed E-state index contributed by atoms with van der Waals surface area (Å²) in [7, 11) is 8.95. The summed E-state index contributed by atoms with van der Waals surface area (Å²) in [5.74, 6) is 0.573. The van der Waals surface area contributed by atoms with E-state index in [9.17, 15) is 0 Å². The van der Waals surface area contributed by atoms with Crippen molar-refractivity contribution in [1.82, 2.24) is 0 Å². The maximum absolute atomic E-state index is 7.15. The second-order valence-electron chi connectivity index (χ2n) is 15.8. The number of fused-ring (bicyclic) bond motifs is 2. The third-order valence-electron chi connectivity index (χ3n) is 9.59. The molecule has 6 aromatic rings. The Morgan fingerprint density at radius 1 is 0.704 bits per heavy atom. The Morgan fingerprint density at radius 3 is 1.59 bits per heavy atom. The fraction of sp³-hybridized carbons (Fsp3) is 0.333. The van der Waals surface area contributed by atoms with Gasteiger partial charge in [-0.2, -0.15) is 6.07 Å². The van der Waals surface area contributed by atoms with E-state index in [0.717, 1.165) is 0 Å². The number of hydrogen-bond acceptors (Lipinski definition) is 2. The number of halogens is 2. The van der Waals surface area contributed by atoms with Gasteiger partial charge >= 0.3 is 47.9 Å². The summed E-state index contributed by atoms with van der Waals surface area (Å²) in [6.45, 7) is 22.6. The molecule has 0 bridgehead atoms. The Labute approximate surface area is 349 Å². The summed E-state index contributed by atoms with van der Waals surface area (Å²) >= 11 is -0.826.